The van der Waals surface area contributed by atoms with Gasteiger partial charge in [0.15, 0.2) is 17.9 Å². The molecule has 3 rings (SSSR count). The number of aromatic amines is 2. The molecule has 0 aliphatic rings. The van der Waals surface area contributed by atoms with Gasteiger partial charge in [0.05, 0.1) is 50.3 Å². The number of carboxylic acid groups (broad SMARTS) is 1. The minimum Gasteiger partial charge on any atom is -0.508 e. The lowest BCUT2D eigenvalue weighted by Crippen LogP contribution is -2.61. The van der Waals surface area contributed by atoms with Crippen molar-refractivity contribution < 1.29 is 106 Å². The number of nitrogens with zero attached hydrogens (tertiary/aromatic N) is 2. The number of H-pyrrole nitrogens is 2. The standard InChI is InChI=1S/C92H154N32O22/c1-45(2)29-61(81(137)119-66(34-54-22-24-57(126)25-23-54)84(140)115-60(21-18-28-104-92(98)99)79(135)116-63(31-47(5)6)83(139)120-67(35-55-38-100-43-107-55)85(141)122-68(89(145)146)36-56-39-101-44-108-56)113-72(129)41-106-77(133)58(19-16-26-102-90(94)95)114-76(132)53(15)110-74(130)51(13)109-75(131)52(14)111-80(136)62(30-46(3)4)121-88(144)73(50(11)12)124-86(142)65(33-49(9)10)117-82(138)64(32-48(7)8)118-87(143)69(42-125)123-78(134)59(20-17-27-103-91(96)97)112-71(128)40-105-70(127)37-93/h22-25,38-39,43-53,58-69,73,125-126H,16-21,26-37,40-42,93H2,1-15H3,(H,100,107)(H,101,108)(H,105,127)(H,106,133)(H,109,131)(H,110,130)(H,111,136)(H,112,128)(H,113,129)(H,114,132)(H,115,140)(H,116,135)(H,117,138)(H,118,143)(H,119,137)(H,120,139)(H,121,144)(H,122,141)(H,123,134)(H,124,142)(H,145,146)(H4,94,95,102)(H4,96,97,103)(H4,98,99,104)/t51-,52-,53-,58-,59-,60-,61-,62-,63-,64-,65-,66-,67-,68-,69-,73-/m0/s1. The average molecular weight is 2060 g/mol. The lowest BCUT2D eigenvalue weighted by atomic mass is 9.97. The Morgan fingerprint density at radius 2 is 0.616 bits per heavy atom. The molecule has 0 fully saturated rings. The largest absolute Gasteiger partial charge is 0.508 e. The molecule has 54 heteroatoms. The van der Waals surface area contributed by atoms with Crippen LogP contribution >= 0.6 is 0 Å². The number of benzene rings is 1. The number of rotatable bonds is 67. The quantitative estimate of drug-likeness (QED) is 0.0142. The van der Waals surface area contributed by atoms with Gasteiger partial charge in [-0.1, -0.05) is 95.2 Å². The Bertz CT molecular complexity index is 4830. The number of phenols is 1. The molecule has 0 aliphatic heterocycles. The molecule has 0 aliphatic carbocycles. The van der Waals surface area contributed by atoms with Crippen molar-refractivity contribution in [3.8, 4) is 5.75 Å². The van der Waals surface area contributed by atoms with E-state index in [2.05, 4.69) is 132 Å². The van der Waals surface area contributed by atoms with Crippen LogP contribution in [0.2, 0.25) is 0 Å². The topological polar surface area (TPSA) is 871 Å². The van der Waals surface area contributed by atoms with Crippen molar-refractivity contribution in [1.29, 1.82) is 16.2 Å². The molecule has 0 bridgehead atoms. The van der Waals surface area contributed by atoms with Crippen molar-refractivity contribution in [2.75, 3.05) is 45.9 Å². The number of aliphatic carboxylic acids is 1. The summed E-state index contributed by atoms with van der Waals surface area (Å²) in [7, 11) is 0. The van der Waals surface area contributed by atoms with Crippen molar-refractivity contribution >= 4 is 130 Å². The van der Waals surface area contributed by atoms with Crippen LogP contribution < -0.4 is 135 Å². The monoisotopic (exact) mass is 2060 g/mol. The first-order chi connectivity index (χ1) is 68.6. The lowest BCUT2D eigenvalue weighted by Gasteiger charge is -2.30. The maximum Gasteiger partial charge on any atom is 0.326 e. The first kappa shape index (κ1) is 125. The highest BCUT2D eigenvalue weighted by Crippen LogP contribution is 2.19. The highest BCUT2D eigenvalue weighted by atomic mass is 16.4. The number of guanidine groups is 3. The first-order valence-corrected chi connectivity index (χ1v) is 48.5. The third kappa shape index (κ3) is 48.9. The van der Waals surface area contributed by atoms with E-state index in [-0.39, 0.29) is 151 Å². The number of amides is 18. The molecule has 0 spiro atoms. The molecule has 0 unspecified atom stereocenters. The van der Waals surface area contributed by atoms with Crippen LogP contribution in [0.4, 0.5) is 0 Å². The number of aromatic nitrogens is 4. The maximum atomic E-state index is 14.9. The second-order valence-electron chi connectivity index (χ2n) is 38.0. The minimum absolute atomic E-state index is 0.00336. The number of aromatic hydroxyl groups is 1. The first-order valence-electron chi connectivity index (χ1n) is 48.5. The molecule has 3 aromatic rings. The molecule has 54 nitrogen and oxygen atoms in total. The van der Waals surface area contributed by atoms with Gasteiger partial charge in [0, 0.05) is 51.3 Å². The van der Waals surface area contributed by atoms with Crippen molar-refractivity contribution in [1.82, 2.24) is 132 Å². The van der Waals surface area contributed by atoms with E-state index in [9.17, 15) is 106 Å². The molecule has 0 saturated heterocycles. The van der Waals surface area contributed by atoms with E-state index in [1.807, 2.05) is 0 Å². The molecule has 146 heavy (non-hydrogen) atoms. The van der Waals surface area contributed by atoms with Crippen LogP contribution in [0.1, 0.15) is 191 Å². The van der Waals surface area contributed by atoms with Crippen LogP contribution in [0.25, 0.3) is 0 Å². The molecule has 814 valence electrons. The number of carbonyl (C=O) groups excluding carboxylic acids is 18. The van der Waals surface area contributed by atoms with E-state index in [0.717, 1.165) is 0 Å². The molecule has 0 radical (unpaired) electrons. The number of carbonyl (C=O) groups is 19. The number of hydrogen-bond donors (Lipinski definition) is 33. The average Bonchev–Trinajstić information content (AvgIpc) is 0.886. The predicted octanol–water partition coefficient (Wildman–Crippen LogP) is -7.37. The molecule has 2 aromatic heterocycles. The molecule has 37 N–H and O–H groups in total. The Morgan fingerprint density at radius 3 is 0.986 bits per heavy atom. The molecule has 18 amide bonds. The smallest absolute Gasteiger partial charge is 0.326 e. The molecule has 1 aromatic carbocycles. The lowest BCUT2D eigenvalue weighted by molar-refractivity contribution is -0.142. The highest BCUT2D eigenvalue weighted by Gasteiger charge is 2.40. The number of carboxylic acids is 1. The summed E-state index contributed by atoms with van der Waals surface area (Å²) < 4.78 is 0. The normalized spacial score (nSPS) is 14.5. The van der Waals surface area contributed by atoms with Crippen molar-refractivity contribution in [2.45, 2.75) is 290 Å². The summed E-state index contributed by atoms with van der Waals surface area (Å²) in [5.41, 5.74) is 22.8. The van der Waals surface area contributed by atoms with E-state index < -0.39 is 253 Å². The fourth-order valence-electron chi connectivity index (χ4n) is 14.6. The van der Waals surface area contributed by atoms with Crippen LogP contribution in [0, 0.1) is 51.7 Å². The Balaban J connectivity index is 1.81. The molecule has 16 atom stereocenters. The van der Waals surface area contributed by atoms with Gasteiger partial charge in [0.2, 0.25) is 106 Å². The number of nitrogens with one attached hydrogen (secondary N) is 26. The minimum atomic E-state index is -1.70. The van der Waals surface area contributed by atoms with Crippen molar-refractivity contribution in [3.63, 3.8) is 0 Å². The summed E-state index contributed by atoms with van der Waals surface area (Å²) in [6.07, 6.45) is 4.50. The second-order valence-corrected chi connectivity index (χ2v) is 38.0. The Labute approximate surface area is 847 Å². The van der Waals surface area contributed by atoms with Gasteiger partial charge in [-0.15, -0.1) is 0 Å². The van der Waals surface area contributed by atoms with E-state index >= 15 is 0 Å². The SMILES string of the molecule is CC(C)C[C@H](NC(=O)CNC(=O)[C@H](CCCNC(=N)N)NC(=O)[C@H](C)NC(=O)[C@H](C)NC(=O)[C@H](C)NC(=O)[C@H](CC(C)C)NC(=O)[C@@H](NC(=O)[C@H](CC(C)C)NC(=O)[C@H](CC(C)C)NC(=O)[C@H](CO)NC(=O)[C@H](CCCNC(=N)N)NC(=O)CNC(=O)CN)C(C)C)C(=O)N[C@@H](Cc1ccc(O)cc1)C(=O)N[C@@H](CCCNC(=N)N)C(=O)N[C@@H](CC(C)C)C(=O)N[C@@H](Cc1c[nH]cn1)C(=O)N[C@@H](Cc1c[nH]cn1)C(=O)O. The summed E-state index contributed by atoms with van der Waals surface area (Å²) >= 11 is 0. The number of nitrogens with two attached hydrogens (primary N) is 4. The van der Waals surface area contributed by atoms with Gasteiger partial charge < -0.3 is 160 Å². The third-order valence-corrected chi connectivity index (χ3v) is 22.2. The van der Waals surface area contributed by atoms with E-state index in [1.54, 1.807) is 83.1 Å². The molecule has 2 heterocycles. The van der Waals surface area contributed by atoms with Crippen molar-refractivity contribution in [3.05, 3.63) is 66.3 Å². The highest BCUT2D eigenvalue weighted by molar-refractivity contribution is 6.02. The number of imidazole rings is 2. The van der Waals surface area contributed by atoms with Gasteiger partial charge in [-0.2, -0.15) is 0 Å². The van der Waals surface area contributed by atoms with Gasteiger partial charge in [-0.05, 0) is 145 Å². The Morgan fingerprint density at radius 1 is 0.329 bits per heavy atom. The molecular formula is C92H154N32O22. The van der Waals surface area contributed by atoms with Crippen LogP contribution in [0.15, 0.2) is 49.3 Å². The summed E-state index contributed by atoms with van der Waals surface area (Å²) in [5, 5.41) is 107. The Hall–Kier alpha value is -14.9. The van der Waals surface area contributed by atoms with Crippen molar-refractivity contribution in [2.24, 2.45) is 58.4 Å². The van der Waals surface area contributed by atoms with Gasteiger partial charge in [-0.3, -0.25) is 103 Å². The number of aliphatic hydroxyl groups excluding tert-OH is 1. The Kier molecular flexibility index (Phi) is 55.5. The van der Waals surface area contributed by atoms with Crippen LogP contribution in [-0.4, -0.2) is 308 Å². The summed E-state index contributed by atoms with van der Waals surface area (Å²) in [5.74, 6) is -21.0. The zero-order valence-electron chi connectivity index (χ0n) is 85.5. The second kappa shape index (κ2) is 64.7. The van der Waals surface area contributed by atoms with Crippen LogP contribution in [0.3, 0.4) is 0 Å². The van der Waals surface area contributed by atoms with E-state index in [1.165, 1.54) is 70.1 Å². The summed E-state index contributed by atoms with van der Waals surface area (Å²) in [6, 6.07) is -17.6. The number of aliphatic hydroxyl groups is 1. The van der Waals surface area contributed by atoms with Gasteiger partial charge in [0.1, 0.15) is 102 Å². The van der Waals surface area contributed by atoms with Crippen LogP contribution in [0.5, 0.6) is 5.75 Å². The van der Waals surface area contributed by atoms with Gasteiger partial charge in [0.25, 0.3) is 0 Å². The number of phenolic OH excluding ortho intramolecular Hbond substituents is 1. The fourth-order valence-corrected chi connectivity index (χ4v) is 14.6. The molecular weight excluding hydrogens is 1910 g/mol. The van der Waals surface area contributed by atoms with Gasteiger partial charge in [-0.25, -0.2) is 14.8 Å². The summed E-state index contributed by atoms with van der Waals surface area (Å²) in [4.78, 5) is 278. The van der Waals surface area contributed by atoms with Crippen LogP contribution in [-0.2, 0) is 110 Å². The van der Waals surface area contributed by atoms with E-state index in [0.29, 0.717) is 17.0 Å². The maximum absolute atomic E-state index is 14.9. The fraction of sp³-hybridized carbons (Fsp3) is 0.630. The van der Waals surface area contributed by atoms with Gasteiger partial charge >= 0.3 is 5.97 Å². The predicted molar refractivity (Wildman–Crippen MR) is 534 cm³/mol. The molecule has 0 saturated carbocycles. The third-order valence-electron chi connectivity index (χ3n) is 22.2. The van der Waals surface area contributed by atoms with E-state index in [4.69, 9.17) is 39.2 Å². The zero-order chi connectivity index (χ0) is 110. The number of hydrogen-bond acceptors (Lipinski definition) is 27. The summed E-state index contributed by atoms with van der Waals surface area (Å²) in [6.45, 7) is 21.8. The zero-order valence-corrected chi connectivity index (χ0v) is 85.5.